The first kappa shape index (κ1) is 17.8. The van der Waals surface area contributed by atoms with Gasteiger partial charge in [-0.1, -0.05) is 18.2 Å². The molecule has 0 bridgehead atoms. The molecule has 0 saturated carbocycles. The summed E-state index contributed by atoms with van der Waals surface area (Å²) in [7, 11) is 1.96. The molecule has 6 heteroatoms. The lowest BCUT2D eigenvalue weighted by atomic mass is 10.2. The Morgan fingerprint density at radius 3 is 2.85 bits per heavy atom. The topological polar surface area (TPSA) is 75.8 Å². The van der Waals surface area contributed by atoms with Crippen molar-refractivity contribution in [1.29, 1.82) is 5.26 Å². The van der Waals surface area contributed by atoms with Gasteiger partial charge in [-0.05, 0) is 37.3 Å². The number of amides is 1. The SMILES string of the molecule is C[C@@H](C(=O)Nc1cccc(C#N)c1)[NH+](C)C[C@@H]1COc2ccccc2O1. The van der Waals surface area contributed by atoms with Crippen LogP contribution in [0, 0.1) is 11.3 Å². The van der Waals surface area contributed by atoms with Crippen LogP contribution in [0.3, 0.4) is 0 Å². The van der Waals surface area contributed by atoms with Gasteiger partial charge in [-0.3, -0.25) is 4.79 Å². The molecular formula is C20H22N3O3+. The van der Waals surface area contributed by atoms with Gasteiger partial charge in [-0.25, -0.2) is 0 Å². The van der Waals surface area contributed by atoms with Crippen molar-refractivity contribution < 1.29 is 19.2 Å². The van der Waals surface area contributed by atoms with Gasteiger partial charge in [0.25, 0.3) is 5.91 Å². The van der Waals surface area contributed by atoms with Crippen molar-refractivity contribution in [2.75, 3.05) is 25.5 Å². The monoisotopic (exact) mass is 352 g/mol. The van der Waals surface area contributed by atoms with Gasteiger partial charge in [0.2, 0.25) is 0 Å². The van der Waals surface area contributed by atoms with Gasteiger partial charge in [-0.2, -0.15) is 5.26 Å². The van der Waals surface area contributed by atoms with Crippen LogP contribution in [0.5, 0.6) is 11.5 Å². The van der Waals surface area contributed by atoms with Crippen LogP contribution in [0.2, 0.25) is 0 Å². The number of benzene rings is 2. The lowest BCUT2D eigenvalue weighted by Gasteiger charge is -2.29. The van der Waals surface area contributed by atoms with Gasteiger partial charge < -0.3 is 19.7 Å². The molecule has 3 atom stereocenters. The molecule has 0 spiro atoms. The van der Waals surface area contributed by atoms with Crippen molar-refractivity contribution >= 4 is 11.6 Å². The van der Waals surface area contributed by atoms with Crippen molar-refractivity contribution in [3.05, 3.63) is 54.1 Å². The maximum atomic E-state index is 12.5. The van der Waals surface area contributed by atoms with E-state index in [-0.39, 0.29) is 18.1 Å². The molecule has 1 amide bonds. The summed E-state index contributed by atoms with van der Waals surface area (Å²) < 4.78 is 11.7. The number of fused-ring (bicyclic) bond motifs is 1. The predicted molar refractivity (Wildman–Crippen MR) is 97.4 cm³/mol. The van der Waals surface area contributed by atoms with E-state index >= 15 is 0 Å². The van der Waals surface area contributed by atoms with Crippen LogP contribution in [0.15, 0.2) is 48.5 Å². The smallest absolute Gasteiger partial charge is 0.282 e. The van der Waals surface area contributed by atoms with Crippen molar-refractivity contribution in [3.8, 4) is 17.6 Å². The van der Waals surface area contributed by atoms with E-state index in [0.29, 0.717) is 24.4 Å². The van der Waals surface area contributed by atoms with Crippen molar-refractivity contribution in [2.45, 2.75) is 19.1 Å². The lowest BCUT2D eigenvalue weighted by Crippen LogP contribution is -3.15. The molecule has 0 saturated heterocycles. The van der Waals surface area contributed by atoms with E-state index in [2.05, 4.69) is 11.4 Å². The Kier molecular flexibility index (Phi) is 5.40. The van der Waals surface area contributed by atoms with E-state index in [4.69, 9.17) is 14.7 Å². The van der Waals surface area contributed by atoms with Gasteiger partial charge in [0, 0.05) is 5.69 Å². The van der Waals surface area contributed by atoms with Gasteiger partial charge in [-0.15, -0.1) is 0 Å². The summed E-state index contributed by atoms with van der Waals surface area (Å²) in [5.41, 5.74) is 1.14. The van der Waals surface area contributed by atoms with Crippen LogP contribution in [-0.2, 0) is 4.79 Å². The Bertz CT molecular complexity index is 831. The fourth-order valence-electron chi connectivity index (χ4n) is 2.84. The third-order valence-corrected chi connectivity index (χ3v) is 4.51. The molecule has 0 aliphatic carbocycles. The van der Waals surface area contributed by atoms with Crippen molar-refractivity contribution in [1.82, 2.24) is 0 Å². The number of rotatable bonds is 5. The molecule has 2 aromatic carbocycles. The second kappa shape index (κ2) is 7.89. The van der Waals surface area contributed by atoms with E-state index < -0.39 is 0 Å². The molecule has 1 unspecified atom stereocenters. The molecule has 0 fully saturated rings. The largest absolute Gasteiger partial charge is 0.486 e. The maximum absolute atomic E-state index is 12.5. The zero-order chi connectivity index (χ0) is 18.5. The molecule has 1 aliphatic heterocycles. The van der Waals surface area contributed by atoms with Crippen LogP contribution in [0.25, 0.3) is 0 Å². The van der Waals surface area contributed by atoms with E-state index in [1.165, 1.54) is 0 Å². The highest BCUT2D eigenvalue weighted by Gasteiger charge is 2.28. The number of nitrogens with zero attached hydrogens (tertiary/aromatic N) is 1. The predicted octanol–water partition coefficient (Wildman–Crippen LogP) is 1.24. The van der Waals surface area contributed by atoms with Crippen LogP contribution in [0.4, 0.5) is 5.69 Å². The van der Waals surface area contributed by atoms with Gasteiger partial charge >= 0.3 is 0 Å². The second-order valence-electron chi connectivity index (χ2n) is 6.45. The average molecular weight is 352 g/mol. The summed E-state index contributed by atoms with van der Waals surface area (Å²) in [4.78, 5) is 13.5. The van der Waals surface area contributed by atoms with Gasteiger partial charge in [0.1, 0.15) is 13.2 Å². The maximum Gasteiger partial charge on any atom is 0.282 e. The number of carbonyl (C=O) groups is 1. The summed E-state index contributed by atoms with van der Waals surface area (Å²) in [6, 6.07) is 16.3. The van der Waals surface area contributed by atoms with Gasteiger partial charge in [0.05, 0.1) is 18.7 Å². The number of para-hydroxylation sites is 2. The number of anilines is 1. The van der Waals surface area contributed by atoms with E-state index in [1.807, 2.05) is 38.2 Å². The highest BCUT2D eigenvalue weighted by Crippen LogP contribution is 2.30. The fraction of sp³-hybridized carbons (Fsp3) is 0.300. The van der Waals surface area contributed by atoms with Crippen LogP contribution in [0.1, 0.15) is 12.5 Å². The second-order valence-corrected chi connectivity index (χ2v) is 6.45. The number of quaternary nitrogens is 1. The van der Waals surface area contributed by atoms with Crippen molar-refractivity contribution in [2.24, 2.45) is 0 Å². The molecule has 2 aromatic rings. The van der Waals surface area contributed by atoms with E-state index in [1.54, 1.807) is 24.3 Å². The zero-order valence-corrected chi connectivity index (χ0v) is 14.9. The number of hydrogen-bond acceptors (Lipinski definition) is 4. The molecule has 1 heterocycles. The summed E-state index contributed by atoms with van der Waals surface area (Å²) in [5.74, 6) is 1.39. The summed E-state index contributed by atoms with van der Waals surface area (Å²) in [5, 5.41) is 11.8. The zero-order valence-electron chi connectivity index (χ0n) is 14.9. The highest BCUT2D eigenvalue weighted by molar-refractivity contribution is 5.93. The molecule has 0 radical (unpaired) electrons. The standard InChI is InChI=1S/C20H21N3O3/c1-14(20(24)22-16-7-5-6-15(10-16)11-21)23(2)12-17-13-25-18-8-3-4-9-19(18)26-17/h3-10,14,17H,12-13H2,1-2H3,(H,22,24)/p+1/t14-,17+/m0/s1. The Balaban J connectivity index is 1.56. The first-order valence-corrected chi connectivity index (χ1v) is 8.58. The van der Waals surface area contributed by atoms with Crippen LogP contribution >= 0.6 is 0 Å². The minimum absolute atomic E-state index is 0.102. The average Bonchev–Trinajstić information content (AvgIpc) is 2.67. The molecule has 2 N–H and O–H groups in total. The molecule has 6 nitrogen and oxygen atoms in total. The molecule has 134 valence electrons. The molecule has 3 rings (SSSR count). The summed E-state index contributed by atoms with van der Waals surface area (Å²) in [6.45, 7) is 2.98. The Labute approximate surface area is 152 Å². The van der Waals surface area contributed by atoms with E-state index in [9.17, 15) is 4.79 Å². The lowest BCUT2D eigenvalue weighted by molar-refractivity contribution is -0.896. The van der Waals surface area contributed by atoms with E-state index in [0.717, 1.165) is 16.4 Å². The molecule has 0 aromatic heterocycles. The molecule has 26 heavy (non-hydrogen) atoms. The molecule has 1 aliphatic rings. The normalized spacial score (nSPS) is 17.7. The first-order valence-electron chi connectivity index (χ1n) is 8.58. The molecular weight excluding hydrogens is 330 g/mol. The number of nitrogens with one attached hydrogen (secondary N) is 2. The minimum atomic E-state index is -0.276. The number of likely N-dealkylation sites (N-methyl/N-ethyl adjacent to an activating group) is 1. The van der Waals surface area contributed by atoms with Gasteiger partial charge in [0.15, 0.2) is 23.6 Å². The van der Waals surface area contributed by atoms with Crippen LogP contribution < -0.4 is 19.7 Å². The number of carbonyl (C=O) groups excluding carboxylic acids is 1. The Morgan fingerprint density at radius 2 is 2.08 bits per heavy atom. The third-order valence-electron chi connectivity index (χ3n) is 4.51. The third kappa shape index (κ3) is 4.13. The Hall–Kier alpha value is -3.04. The number of ether oxygens (including phenoxy) is 2. The number of nitriles is 1. The first-order chi connectivity index (χ1) is 12.6. The minimum Gasteiger partial charge on any atom is -0.486 e. The summed E-state index contributed by atoms with van der Waals surface area (Å²) in [6.07, 6.45) is -0.109. The summed E-state index contributed by atoms with van der Waals surface area (Å²) >= 11 is 0. The Morgan fingerprint density at radius 1 is 1.31 bits per heavy atom. The number of hydrogen-bond donors (Lipinski definition) is 2. The van der Waals surface area contributed by atoms with Crippen LogP contribution in [-0.4, -0.2) is 38.3 Å². The quantitative estimate of drug-likeness (QED) is 0.849. The fourth-order valence-corrected chi connectivity index (χ4v) is 2.84. The van der Waals surface area contributed by atoms with Crippen molar-refractivity contribution in [3.63, 3.8) is 0 Å². The highest BCUT2D eigenvalue weighted by atomic mass is 16.6.